The van der Waals surface area contributed by atoms with Gasteiger partial charge in [0.15, 0.2) is 5.76 Å². The molecule has 2 atom stereocenters. The summed E-state index contributed by atoms with van der Waals surface area (Å²) in [5, 5.41) is 7.36. The van der Waals surface area contributed by atoms with E-state index in [-0.39, 0.29) is 12.1 Å². The SMILES string of the molecule is COC(C)C(C)NCc1cc(C(C)C)no1. The van der Waals surface area contributed by atoms with E-state index in [1.165, 1.54) is 0 Å². The average molecular weight is 226 g/mol. The van der Waals surface area contributed by atoms with Gasteiger partial charge in [-0.05, 0) is 19.8 Å². The summed E-state index contributed by atoms with van der Waals surface area (Å²) < 4.78 is 10.5. The van der Waals surface area contributed by atoms with Gasteiger partial charge in [-0.1, -0.05) is 19.0 Å². The van der Waals surface area contributed by atoms with E-state index in [0.717, 1.165) is 11.5 Å². The van der Waals surface area contributed by atoms with Gasteiger partial charge in [-0.3, -0.25) is 0 Å². The molecule has 1 aromatic heterocycles. The zero-order chi connectivity index (χ0) is 12.1. The molecule has 16 heavy (non-hydrogen) atoms. The molecule has 0 saturated heterocycles. The molecule has 4 nitrogen and oxygen atoms in total. The first kappa shape index (κ1) is 13.2. The van der Waals surface area contributed by atoms with Crippen LogP contribution < -0.4 is 5.32 Å². The van der Waals surface area contributed by atoms with Crippen molar-refractivity contribution in [3.63, 3.8) is 0 Å². The Bertz CT molecular complexity index is 310. The van der Waals surface area contributed by atoms with Gasteiger partial charge >= 0.3 is 0 Å². The summed E-state index contributed by atoms with van der Waals surface area (Å²) in [5.41, 5.74) is 1.00. The van der Waals surface area contributed by atoms with E-state index in [9.17, 15) is 0 Å². The Labute approximate surface area is 97.3 Å². The van der Waals surface area contributed by atoms with E-state index < -0.39 is 0 Å². The fourth-order valence-electron chi connectivity index (χ4n) is 1.32. The molecule has 92 valence electrons. The fourth-order valence-corrected chi connectivity index (χ4v) is 1.32. The zero-order valence-corrected chi connectivity index (χ0v) is 10.8. The van der Waals surface area contributed by atoms with E-state index >= 15 is 0 Å². The van der Waals surface area contributed by atoms with Crippen LogP contribution in [0.3, 0.4) is 0 Å². The van der Waals surface area contributed by atoms with Crippen molar-refractivity contribution in [1.29, 1.82) is 0 Å². The minimum atomic E-state index is 0.187. The normalized spacial score (nSPS) is 15.4. The highest BCUT2D eigenvalue weighted by Gasteiger charge is 2.12. The van der Waals surface area contributed by atoms with Gasteiger partial charge in [0.25, 0.3) is 0 Å². The Morgan fingerprint density at radius 3 is 2.56 bits per heavy atom. The zero-order valence-electron chi connectivity index (χ0n) is 10.8. The molecule has 0 aromatic carbocycles. The molecular weight excluding hydrogens is 204 g/mol. The van der Waals surface area contributed by atoms with Crippen LogP contribution in [0.1, 0.15) is 45.1 Å². The smallest absolute Gasteiger partial charge is 0.150 e. The van der Waals surface area contributed by atoms with E-state index in [4.69, 9.17) is 9.26 Å². The van der Waals surface area contributed by atoms with Crippen LogP contribution in [0.5, 0.6) is 0 Å². The molecule has 4 heteroatoms. The molecule has 1 heterocycles. The van der Waals surface area contributed by atoms with Crippen molar-refractivity contribution in [3.05, 3.63) is 17.5 Å². The van der Waals surface area contributed by atoms with Gasteiger partial charge in [-0.25, -0.2) is 0 Å². The molecule has 0 radical (unpaired) electrons. The topological polar surface area (TPSA) is 47.3 Å². The van der Waals surface area contributed by atoms with Gasteiger partial charge in [-0.2, -0.15) is 0 Å². The van der Waals surface area contributed by atoms with Crippen LogP contribution >= 0.6 is 0 Å². The molecule has 0 saturated carbocycles. The molecule has 1 N–H and O–H groups in total. The Kier molecular flexibility index (Phi) is 4.96. The van der Waals surface area contributed by atoms with Crippen LogP contribution in [0.2, 0.25) is 0 Å². The standard InChI is InChI=1S/C12H22N2O2/c1-8(2)12-6-11(16-14-12)7-13-9(3)10(4)15-5/h6,8-10,13H,7H2,1-5H3. The number of hydrogen-bond acceptors (Lipinski definition) is 4. The summed E-state index contributed by atoms with van der Waals surface area (Å²) in [6.07, 6.45) is 0.187. The second-order valence-corrected chi connectivity index (χ2v) is 4.48. The first-order valence-corrected chi connectivity index (χ1v) is 5.76. The Balaban J connectivity index is 2.42. The highest BCUT2D eigenvalue weighted by Crippen LogP contribution is 2.14. The van der Waals surface area contributed by atoms with Crippen LogP contribution in [-0.4, -0.2) is 24.4 Å². The minimum Gasteiger partial charge on any atom is -0.380 e. The van der Waals surface area contributed by atoms with Gasteiger partial charge in [0.1, 0.15) is 0 Å². The second kappa shape index (κ2) is 6.01. The number of ether oxygens (including phenoxy) is 1. The maximum atomic E-state index is 5.24. The molecule has 1 aromatic rings. The van der Waals surface area contributed by atoms with Crippen LogP contribution in [-0.2, 0) is 11.3 Å². The van der Waals surface area contributed by atoms with E-state index in [2.05, 4.69) is 31.2 Å². The lowest BCUT2D eigenvalue weighted by Gasteiger charge is -2.18. The van der Waals surface area contributed by atoms with Crippen LogP contribution in [0, 0.1) is 0 Å². The van der Waals surface area contributed by atoms with Gasteiger partial charge < -0.3 is 14.6 Å². The van der Waals surface area contributed by atoms with Crippen molar-refractivity contribution < 1.29 is 9.26 Å². The second-order valence-electron chi connectivity index (χ2n) is 4.48. The maximum absolute atomic E-state index is 5.24. The average Bonchev–Trinajstić information content (AvgIpc) is 2.73. The van der Waals surface area contributed by atoms with Crippen molar-refractivity contribution in [2.75, 3.05) is 7.11 Å². The van der Waals surface area contributed by atoms with Gasteiger partial charge in [0.2, 0.25) is 0 Å². The van der Waals surface area contributed by atoms with Gasteiger partial charge in [0, 0.05) is 19.2 Å². The van der Waals surface area contributed by atoms with Crippen LogP contribution in [0.4, 0.5) is 0 Å². The van der Waals surface area contributed by atoms with E-state index in [1.807, 2.05) is 13.0 Å². The Morgan fingerprint density at radius 1 is 1.38 bits per heavy atom. The summed E-state index contributed by atoms with van der Waals surface area (Å²) >= 11 is 0. The molecule has 2 unspecified atom stereocenters. The summed E-state index contributed by atoms with van der Waals surface area (Å²) in [5.74, 6) is 1.28. The fraction of sp³-hybridized carbons (Fsp3) is 0.750. The molecule has 0 amide bonds. The van der Waals surface area contributed by atoms with Gasteiger partial charge in [0.05, 0.1) is 18.3 Å². The lowest BCUT2D eigenvalue weighted by Crippen LogP contribution is -2.36. The quantitative estimate of drug-likeness (QED) is 0.808. The molecule has 0 aliphatic carbocycles. The number of aromatic nitrogens is 1. The van der Waals surface area contributed by atoms with Crippen molar-refractivity contribution in [3.8, 4) is 0 Å². The predicted molar refractivity (Wildman–Crippen MR) is 63.4 cm³/mol. The van der Waals surface area contributed by atoms with E-state index in [1.54, 1.807) is 7.11 Å². The summed E-state index contributed by atoms with van der Waals surface area (Å²) in [4.78, 5) is 0. The third kappa shape index (κ3) is 3.61. The Hall–Kier alpha value is -0.870. The highest BCUT2D eigenvalue weighted by molar-refractivity contribution is 5.08. The summed E-state index contributed by atoms with van der Waals surface area (Å²) in [7, 11) is 1.72. The van der Waals surface area contributed by atoms with Crippen LogP contribution in [0.25, 0.3) is 0 Å². The largest absolute Gasteiger partial charge is 0.380 e. The predicted octanol–water partition coefficient (Wildman–Crippen LogP) is 2.31. The molecule has 0 aliphatic rings. The van der Waals surface area contributed by atoms with Crippen molar-refractivity contribution in [2.45, 2.75) is 52.3 Å². The molecule has 0 aliphatic heterocycles. The van der Waals surface area contributed by atoms with Crippen LogP contribution in [0.15, 0.2) is 10.6 Å². The van der Waals surface area contributed by atoms with E-state index in [0.29, 0.717) is 12.5 Å². The first-order valence-electron chi connectivity index (χ1n) is 5.76. The molecular formula is C12H22N2O2. The molecule has 0 fully saturated rings. The lowest BCUT2D eigenvalue weighted by atomic mass is 10.1. The number of methoxy groups -OCH3 is 1. The van der Waals surface area contributed by atoms with Crippen molar-refractivity contribution in [1.82, 2.24) is 10.5 Å². The third-order valence-electron chi connectivity index (χ3n) is 2.84. The summed E-state index contributed by atoms with van der Waals surface area (Å²) in [6.45, 7) is 9.02. The summed E-state index contributed by atoms with van der Waals surface area (Å²) in [6, 6.07) is 2.29. The first-order chi connectivity index (χ1) is 7.54. The number of rotatable bonds is 6. The monoisotopic (exact) mass is 226 g/mol. The van der Waals surface area contributed by atoms with Crippen molar-refractivity contribution in [2.24, 2.45) is 0 Å². The lowest BCUT2D eigenvalue weighted by molar-refractivity contribution is 0.0873. The highest BCUT2D eigenvalue weighted by atomic mass is 16.5. The third-order valence-corrected chi connectivity index (χ3v) is 2.84. The maximum Gasteiger partial charge on any atom is 0.150 e. The minimum absolute atomic E-state index is 0.187. The molecule has 1 rings (SSSR count). The molecule has 0 bridgehead atoms. The number of hydrogen-bond donors (Lipinski definition) is 1. The number of nitrogens with one attached hydrogen (secondary N) is 1. The van der Waals surface area contributed by atoms with Crippen molar-refractivity contribution >= 4 is 0 Å². The Morgan fingerprint density at radius 2 is 2.06 bits per heavy atom. The number of nitrogens with zero attached hydrogens (tertiary/aromatic N) is 1. The van der Waals surface area contributed by atoms with Gasteiger partial charge in [-0.15, -0.1) is 0 Å². The molecule has 0 spiro atoms.